The van der Waals surface area contributed by atoms with Gasteiger partial charge in [0, 0.05) is 25.3 Å². The van der Waals surface area contributed by atoms with Crippen molar-refractivity contribution in [3.63, 3.8) is 0 Å². The lowest BCUT2D eigenvalue weighted by molar-refractivity contribution is 0.0697. The molecule has 17 heavy (non-hydrogen) atoms. The molecule has 1 saturated heterocycles. The van der Waals surface area contributed by atoms with Crippen molar-refractivity contribution in [1.29, 1.82) is 0 Å². The lowest BCUT2D eigenvalue weighted by Gasteiger charge is -2.39. The molecule has 1 atom stereocenters. The first-order chi connectivity index (χ1) is 8.08. The standard InChI is InChI=1S/C12H17N3O2/c1-14-5-6-15(11(13)8-14)10-4-2-3-9(7-10)12(16)17/h2-4,7,11H,5-6,8,13H2,1H3,(H,16,17). The number of carboxylic acids is 1. The number of rotatable bonds is 2. The van der Waals surface area contributed by atoms with Crippen LogP contribution in [-0.2, 0) is 0 Å². The van der Waals surface area contributed by atoms with Crippen LogP contribution in [0.3, 0.4) is 0 Å². The highest BCUT2D eigenvalue weighted by molar-refractivity contribution is 5.88. The SMILES string of the molecule is CN1CCN(c2cccc(C(=O)O)c2)C(N)C1. The third-order valence-electron chi connectivity index (χ3n) is 3.05. The Kier molecular flexibility index (Phi) is 3.31. The summed E-state index contributed by atoms with van der Waals surface area (Å²) in [6.07, 6.45) is -0.0854. The highest BCUT2D eigenvalue weighted by atomic mass is 16.4. The van der Waals surface area contributed by atoms with Gasteiger partial charge in [-0.05, 0) is 25.2 Å². The van der Waals surface area contributed by atoms with Crippen LogP contribution in [0.15, 0.2) is 24.3 Å². The Hall–Kier alpha value is -1.59. The van der Waals surface area contributed by atoms with Crippen LogP contribution in [0.2, 0.25) is 0 Å². The molecular formula is C12H17N3O2. The average molecular weight is 235 g/mol. The predicted octanol–water partition coefficient (Wildman–Crippen LogP) is 0.421. The summed E-state index contributed by atoms with van der Waals surface area (Å²) >= 11 is 0. The number of carbonyl (C=O) groups is 1. The number of nitrogens with zero attached hydrogens (tertiary/aromatic N) is 2. The molecule has 1 aliphatic heterocycles. The number of likely N-dealkylation sites (N-methyl/N-ethyl adjacent to an activating group) is 1. The van der Waals surface area contributed by atoms with Gasteiger partial charge in [-0.2, -0.15) is 0 Å². The summed E-state index contributed by atoms with van der Waals surface area (Å²) in [6.45, 7) is 2.54. The van der Waals surface area contributed by atoms with Crippen LogP contribution >= 0.6 is 0 Å². The molecule has 1 aromatic carbocycles. The minimum Gasteiger partial charge on any atom is -0.478 e. The molecule has 0 spiro atoms. The van der Waals surface area contributed by atoms with E-state index in [0.717, 1.165) is 25.3 Å². The average Bonchev–Trinajstić information content (AvgIpc) is 2.29. The van der Waals surface area contributed by atoms with Gasteiger partial charge in [-0.25, -0.2) is 4.79 Å². The molecule has 3 N–H and O–H groups in total. The molecule has 0 aromatic heterocycles. The Labute approximate surface area is 100 Å². The monoisotopic (exact) mass is 235 g/mol. The summed E-state index contributed by atoms with van der Waals surface area (Å²) in [5.41, 5.74) is 7.24. The van der Waals surface area contributed by atoms with E-state index in [9.17, 15) is 4.79 Å². The van der Waals surface area contributed by atoms with Gasteiger partial charge in [-0.1, -0.05) is 6.07 Å². The fourth-order valence-corrected chi connectivity index (χ4v) is 2.09. The molecule has 1 aliphatic rings. The smallest absolute Gasteiger partial charge is 0.335 e. The van der Waals surface area contributed by atoms with Crippen LogP contribution in [0, 0.1) is 0 Å². The quantitative estimate of drug-likeness (QED) is 0.777. The zero-order valence-electron chi connectivity index (χ0n) is 9.84. The fraction of sp³-hybridized carbons (Fsp3) is 0.417. The predicted molar refractivity (Wildman–Crippen MR) is 66.2 cm³/mol. The first-order valence-electron chi connectivity index (χ1n) is 5.62. The van der Waals surface area contributed by atoms with Gasteiger partial charge >= 0.3 is 5.97 Å². The number of piperazine rings is 1. The second-order valence-corrected chi connectivity index (χ2v) is 4.38. The molecule has 0 aliphatic carbocycles. The largest absolute Gasteiger partial charge is 0.478 e. The van der Waals surface area contributed by atoms with Crippen LogP contribution in [0.25, 0.3) is 0 Å². The first kappa shape index (κ1) is 11.9. The normalized spacial score (nSPS) is 21.5. The van der Waals surface area contributed by atoms with E-state index < -0.39 is 5.97 Å². The van der Waals surface area contributed by atoms with E-state index in [1.54, 1.807) is 18.2 Å². The molecule has 2 rings (SSSR count). The van der Waals surface area contributed by atoms with Crippen molar-refractivity contribution in [2.45, 2.75) is 6.17 Å². The van der Waals surface area contributed by atoms with Gasteiger partial charge in [-0.3, -0.25) is 0 Å². The maximum absolute atomic E-state index is 10.9. The highest BCUT2D eigenvalue weighted by Gasteiger charge is 2.22. The van der Waals surface area contributed by atoms with Crippen LogP contribution in [-0.4, -0.2) is 48.8 Å². The van der Waals surface area contributed by atoms with Crippen molar-refractivity contribution in [2.75, 3.05) is 31.6 Å². The summed E-state index contributed by atoms with van der Waals surface area (Å²) < 4.78 is 0. The number of hydrogen-bond acceptors (Lipinski definition) is 4. The van der Waals surface area contributed by atoms with Crippen LogP contribution in [0.4, 0.5) is 5.69 Å². The van der Waals surface area contributed by atoms with E-state index in [4.69, 9.17) is 10.8 Å². The Bertz CT molecular complexity index is 422. The van der Waals surface area contributed by atoms with Gasteiger partial charge in [0.2, 0.25) is 0 Å². The lowest BCUT2D eigenvalue weighted by Crippen LogP contribution is -2.56. The van der Waals surface area contributed by atoms with E-state index in [1.165, 1.54) is 0 Å². The molecule has 1 unspecified atom stereocenters. The Morgan fingerprint density at radius 3 is 2.88 bits per heavy atom. The maximum atomic E-state index is 10.9. The number of hydrogen-bond donors (Lipinski definition) is 2. The molecule has 0 saturated carbocycles. The van der Waals surface area contributed by atoms with E-state index in [2.05, 4.69) is 4.90 Å². The maximum Gasteiger partial charge on any atom is 0.335 e. The van der Waals surface area contributed by atoms with Gasteiger partial charge in [0.05, 0.1) is 11.7 Å². The van der Waals surface area contributed by atoms with Gasteiger partial charge in [0.15, 0.2) is 0 Å². The van der Waals surface area contributed by atoms with Crippen LogP contribution in [0.1, 0.15) is 10.4 Å². The van der Waals surface area contributed by atoms with Crippen molar-refractivity contribution >= 4 is 11.7 Å². The third kappa shape index (κ3) is 2.57. The minimum atomic E-state index is -0.908. The molecule has 0 amide bonds. The molecule has 0 radical (unpaired) electrons. The van der Waals surface area contributed by atoms with Gasteiger partial charge in [0.1, 0.15) is 0 Å². The van der Waals surface area contributed by atoms with E-state index in [-0.39, 0.29) is 6.17 Å². The minimum absolute atomic E-state index is 0.0854. The van der Waals surface area contributed by atoms with Crippen molar-refractivity contribution in [3.8, 4) is 0 Å². The Morgan fingerprint density at radius 1 is 1.47 bits per heavy atom. The van der Waals surface area contributed by atoms with Crippen LogP contribution in [0.5, 0.6) is 0 Å². The fourth-order valence-electron chi connectivity index (χ4n) is 2.09. The summed E-state index contributed by atoms with van der Waals surface area (Å²) in [5.74, 6) is -0.908. The van der Waals surface area contributed by atoms with Crippen molar-refractivity contribution in [1.82, 2.24) is 4.90 Å². The third-order valence-corrected chi connectivity index (χ3v) is 3.05. The number of carboxylic acid groups (broad SMARTS) is 1. The van der Waals surface area contributed by atoms with Crippen molar-refractivity contribution in [3.05, 3.63) is 29.8 Å². The molecule has 1 fully saturated rings. The van der Waals surface area contributed by atoms with E-state index in [1.807, 2.05) is 18.0 Å². The van der Waals surface area contributed by atoms with E-state index >= 15 is 0 Å². The highest BCUT2D eigenvalue weighted by Crippen LogP contribution is 2.19. The second kappa shape index (κ2) is 4.73. The number of nitrogens with two attached hydrogens (primary N) is 1. The molecule has 92 valence electrons. The van der Waals surface area contributed by atoms with Gasteiger partial charge in [-0.15, -0.1) is 0 Å². The second-order valence-electron chi connectivity index (χ2n) is 4.38. The molecular weight excluding hydrogens is 218 g/mol. The van der Waals surface area contributed by atoms with Gasteiger partial charge in [0.25, 0.3) is 0 Å². The topological polar surface area (TPSA) is 69.8 Å². The van der Waals surface area contributed by atoms with E-state index in [0.29, 0.717) is 5.56 Å². The number of aromatic carboxylic acids is 1. The van der Waals surface area contributed by atoms with Gasteiger partial charge < -0.3 is 20.6 Å². The summed E-state index contributed by atoms with van der Waals surface area (Å²) in [5, 5.41) is 8.96. The number of benzene rings is 1. The van der Waals surface area contributed by atoms with Crippen molar-refractivity contribution < 1.29 is 9.90 Å². The molecule has 1 heterocycles. The molecule has 5 heteroatoms. The zero-order chi connectivity index (χ0) is 12.4. The summed E-state index contributed by atoms with van der Waals surface area (Å²) in [6, 6.07) is 6.92. The summed E-state index contributed by atoms with van der Waals surface area (Å²) in [4.78, 5) is 15.1. The van der Waals surface area contributed by atoms with Crippen LogP contribution < -0.4 is 10.6 Å². The molecule has 5 nitrogen and oxygen atoms in total. The molecule has 0 bridgehead atoms. The molecule has 1 aromatic rings. The Morgan fingerprint density at radius 2 is 2.24 bits per heavy atom. The number of anilines is 1. The Balaban J connectivity index is 2.22. The zero-order valence-corrected chi connectivity index (χ0v) is 9.84. The first-order valence-corrected chi connectivity index (χ1v) is 5.62. The van der Waals surface area contributed by atoms with Crippen molar-refractivity contribution in [2.24, 2.45) is 5.73 Å². The summed E-state index contributed by atoms with van der Waals surface area (Å²) in [7, 11) is 2.03. The lowest BCUT2D eigenvalue weighted by atomic mass is 10.1.